The number of carbonyl (C=O) groups excluding carboxylic acids is 3. The molecule has 3 aliphatic rings. The van der Waals surface area contributed by atoms with Crippen molar-refractivity contribution in [3.63, 3.8) is 0 Å². The molecule has 9 heteroatoms. The molecule has 38 heavy (non-hydrogen) atoms. The molecule has 2 amide bonds. The van der Waals surface area contributed by atoms with Crippen LogP contribution in [0.3, 0.4) is 0 Å². The SMILES string of the molecule is C=CCCCOC(=O)[C@H]1[C@H]2C(=O)N([C@@H](CO)CC(C)C)C(C(=O)N(CC=C)C(C)CCC)C23CC(Br)[C@@H]1O3. The third kappa shape index (κ3) is 5.61. The second-order valence-corrected chi connectivity index (χ2v) is 12.6. The molecule has 0 aliphatic carbocycles. The van der Waals surface area contributed by atoms with Gasteiger partial charge in [0.1, 0.15) is 11.6 Å². The molecule has 3 aliphatic heterocycles. The average Bonchev–Trinajstić information content (AvgIpc) is 3.46. The highest BCUT2D eigenvalue weighted by Gasteiger charge is 2.77. The van der Waals surface area contributed by atoms with Gasteiger partial charge in [0.05, 0.1) is 37.2 Å². The Bertz CT molecular complexity index is 896. The first kappa shape index (κ1) is 30.8. The summed E-state index contributed by atoms with van der Waals surface area (Å²) in [7, 11) is 0. The number of likely N-dealkylation sites (tertiary alicyclic amines) is 1. The van der Waals surface area contributed by atoms with E-state index in [0.717, 1.165) is 19.3 Å². The summed E-state index contributed by atoms with van der Waals surface area (Å²) in [5.41, 5.74) is -1.17. The summed E-state index contributed by atoms with van der Waals surface area (Å²) in [6.07, 6.45) is 6.92. The van der Waals surface area contributed by atoms with Crippen LogP contribution in [-0.4, -0.2) is 87.1 Å². The molecular formula is C29H45BrN2O6. The Labute approximate surface area is 235 Å². The zero-order chi connectivity index (χ0) is 28.2. The fourth-order valence-corrected chi connectivity index (χ4v) is 7.63. The molecule has 3 saturated heterocycles. The van der Waals surface area contributed by atoms with Gasteiger partial charge in [-0.2, -0.15) is 0 Å². The standard InChI is InChI=1S/C29H45BrN2O6/c1-7-10-11-14-37-28(36)22-23-26(34)32(20(17-33)15-18(4)5)25(29(23)16-21(30)24(22)38-29)27(35)31(13-9-3)19(6)12-8-2/h7,9,18-25,33H,1,3,8,10-17H2,2,4-6H3/t19?,20-,21?,22+,23+,24+,25?,29?/m1/s1. The van der Waals surface area contributed by atoms with Crippen LogP contribution < -0.4 is 0 Å². The van der Waals surface area contributed by atoms with Gasteiger partial charge in [0.2, 0.25) is 11.8 Å². The van der Waals surface area contributed by atoms with Gasteiger partial charge in [0.15, 0.2) is 0 Å². The van der Waals surface area contributed by atoms with Crippen LogP contribution in [0.5, 0.6) is 0 Å². The number of esters is 1. The summed E-state index contributed by atoms with van der Waals surface area (Å²) in [4.78, 5) is 45.2. The molecule has 4 unspecified atom stereocenters. The van der Waals surface area contributed by atoms with E-state index in [2.05, 4.69) is 36.0 Å². The number of amides is 2. The molecule has 0 aromatic heterocycles. The number of hydrogen-bond acceptors (Lipinski definition) is 6. The minimum Gasteiger partial charge on any atom is -0.465 e. The van der Waals surface area contributed by atoms with E-state index in [9.17, 15) is 19.5 Å². The quantitative estimate of drug-likeness (QED) is 0.133. The van der Waals surface area contributed by atoms with Gasteiger partial charge in [-0.25, -0.2) is 0 Å². The minimum absolute atomic E-state index is 0.0698. The maximum atomic E-state index is 14.4. The van der Waals surface area contributed by atoms with Crippen LogP contribution in [0.15, 0.2) is 25.3 Å². The molecule has 1 N–H and O–H groups in total. The second-order valence-electron chi connectivity index (χ2n) is 11.4. The lowest BCUT2D eigenvalue weighted by molar-refractivity contribution is -0.157. The molecular weight excluding hydrogens is 552 g/mol. The number of carbonyl (C=O) groups is 3. The van der Waals surface area contributed by atoms with Gasteiger partial charge in [0, 0.05) is 17.4 Å². The fraction of sp³-hybridized carbons (Fsp3) is 0.759. The zero-order valence-electron chi connectivity index (χ0n) is 23.3. The number of ether oxygens (including phenoxy) is 2. The summed E-state index contributed by atoms with van der Waals surface area (Å²) in [6.45, 7) is 16.0. The Hall–Kier alpha value is -1.71. The average molecular weight is 598 g/mol. The first-order valence-electron chi connectivity index (χ1n) is 14.0. The van der Waals surface area contributed by atoms with Crippen molar-refractivity contribution in [2.24, 2.45) is 17.8 Å². The first-order chi connectivity index (χ1) is 18.1. The number of unbranched alkanes of at least 4 members (excludes halogenated alkanes) is 1. The molecule has 8 atom stereocenters. The highest BCUT2D eigenvalue weighted by atomic mass is 79.9. The van der Waals surface area contributed by atoms with E-state index >= 15 is 0 Å². The van der Waals surface area contributed by atoms with Gasteiger partial charge in [-0.1, -0.05) is 55.3 Å². The van der Waals surface area contributed by atoms with Gasteiger partial charge in [-0.3, -0.25) is 14.4 Å². The Kier molecular flexibility index (Phi) is 10.6. The van der Waals surface area contributed by atoms with Crippen LogP contribution in [0.4, 0.5) is 0 Å². The predicted molar refractivity (Wildman–Crippen MR) is 150 cm³/mol. The van der Waals surface area contributed by atoms with E-state index in [1.54, 1.807) is 22.0 Å². The predicted octanol–water partition coefficient (Wildman–Crippen LogP) is 3.85. The molecule has 3 fully saturated rings. The number of alkyl halides is 1. The molecule has 3 heterocycles. The maximum absolute atomic E-state index is 14.4. The van der Waals surface area contributed by atoms with E-state index in [4.69, 9.17) is 9.47 Å². The largest absolute Gasteiger partial charge is 0.465 e. The monoisotopic (exact) mass is 596 g/mol. The molecule has 0 radical (unpaired) electrons. The van der Waals surface area contributed by atoms with Crippen molar-refractivity contribution in [1.82, 2.24) is 9.80 Å². The highest BCUT2D eigenvalue weighted by molar-refractivity contribution is 9.09. The van der Waals surface area contributed by atoms with Gasteiger partial charge in [0.25, 0.3) is 0 Å². The zero-order valence-corrected chi connectivity index (χ0v) is 24.9. The van der Waals surface area contributed by atoms with Crippen LogP contribution in [0.25, 0.3) is 0 Å². The lowest BCUT2D eigenvalue weighted by Crippen LogP contribution is -2.60. The van der Waals surface area contributed by atoms with Crippen LogP contribution in [0.2, 0.25) is 0 Å². The van der Waals surface area contributed by atoms with Crippen molar-refractivity contribution in [3.05, 3.63) is 25.3 Å². The molecule has 214 valence electrons. The number of aliphatic hydroxyl groups excluding tert-OH is 1. The number of rotatable bonds is 15. The third-order valence-corrected chi connectivity index (χ3v) is 9.07. The molecule has 3 rings (SSSR count). The van der Waals surface area contributed by atoms with Crippen molar-refractivity contribution in [1.29, 1.82) is 0 Å². The Morgan fingerprint density at radius 1 is 1.32 bits per heavy atom. The topological polar surface area (TPSA) is 96.4 Å². The highest BCUT2D eigenvalue weighted by Crippen LogP contribution is 2.61. The molecule has 0 aromatic rings. The molecule has 0 saturated carbocycles. The number of halogens is 1. The molecule has 1 spiro atoms. The number of aliphatic hydroxyl groups is 1. The summed E-state index contributed by atoms with van der Waals surface area (Å²) in [5, 5.41) is 10.4. The first-order valence-corrected chi connectivity index (χ1v) is 14.9. The van der Waals surface area contributed by atoms with Gasteiger partial charge in [-0.05, 0) is 44.9 Å². The van der Waals surface area contributed by atoms with Crippen molar-refractivity contribution in [2.45, 2.75) is 101 Å². The number of fused-ring (bicyclic) bond motifs is 1. The molecule has 2 bridgehead atoms. The van der Waals surface area contributed by atoms with Crippen molar-refractivity contribution >= 4 is 33.7 Å². The van der Waals surface area contributed by atoms with E-state index in [1.807, 2.05) is 20.8 Å². The Balaban J connectivity index is 2.06. The van der Waals surface area contributed by atoms with Crippen LogP contribution in [0.1, 0.15) is 66.2 Å². The van der Waals surface area contributed by atoms with E-state index in [1.165, 1.54) is 0 Å². The van der Waals surface area contributed by atoms with Crippen LogP contribution in [0, 0.1) is 17.8 Å². The van der Waals surface area contributed by atoms with Crippen LogP contribution in [-0.2, 0) is 23.9 Å². The van der Waals surface area contributed by atoms with E-state index in [0.29, 0.717) is 25.8 Å². The maximum Gasteiger partial charge on any atom is 0.312 e. The normalized spacial score (nSPS) is 31.3. The van der Waals surface area contributed by atoms with E-state index in [-0.39, 0.29) is 41.8 Å². The molecule has 0 aromatic carbocycles. The fourth-order valence-electron chi connectivity index (χ4n) is 6.68. The smallest absolute Gasteiger partial charge is 0.312 e. The Morgan fingerprint density at radius 2 is 2.03 bits per heavy atom. The lowest BCUT2D eigenvalue weighted by Gasteiger charge is -2.41. The molecule has 8 nitrogen and oxygen atoms in total. The van der Waals surface area contributed by atoms with Gasteiger partial charge >= 0.3 is 5.97 Å². The van der Waals surface area contributed by atoms with Crippen molar-refractivity contribution in [2.75, 3.05) is 19.8 Å². The second kappa shape index (κ2) is 13.1. The number of nitrogens with zero attached hydrogens (tertiary/aromatic N) is 2. The Morgan fingerprint density at radius 3 is 2.61 bits per heavy atom. The minimum atomic E-state index is -1.17. The third-order valence-electron chi connectivity index (χ3n) is 8.23. The number of hydrogen-bond donors (Lipinski definition) is 1. The number of allylic oxidation sites excluding steroid dienone is 1. The van der Waals surface area contributed by atoms with Crippen molar-refractivity contribution < 1.29 is 29.0 Å². The summed E-state index contributed by atoms with van der Waals surface area (Å²) >= 11 is 3.69. The van der Waals surface area contributed by atoms with Gasteiger partial charge < -0.3 is 24.4 Å². The van der Waals surface area contributed by atoms with Crippen molar-refractivity contribution in [3.8, 4) is 0 Å². The summed E-state index contributed by atoms with van der Waals surface area (Å²) in [5.74, 6) is -2.46. The summed E-state index contributed by atoms with van der Waals surface area (Å²) < 4.78 is 12.2. The lowest BCUT2D eigenvalue weighted by atomic mass is 9.70. The summed E-state index contributed by atoms with van der Waals surface area (Å²) in [6, 6.07) is -1.58. The van der Waals surface area contributed by atoms with Gasteiger partial charge in [-0.15, -0.1) is 13.2 Å². The van der Waals surface area contributed by atoms with E-state index < -0.39 is 41.6 Å². The van der Waals surface area contributed by atoms with Crippen LogP contribution >= 0.6 is 15.9 Å².